The van der Waals surface area contributed by atoms with Crippen molar-refractivity contribution in [1.82, 2.24) is 15.2 Å². The summed E-state index contributed by atoms with van der Waals surface area (Å²) in [6, 6.07) is 0. The van der Waals surface area contributed by atoms with Gasteiger partial charge in [0.05, 0.1) is 0 Å². The van der Waals surface area contributed by atoms with Crippen molar-refractivity contribution in [3.05, 3.63) is 16.3 Å². The Kier molecular flexibility index (Phi) is 1.90. The lowest BCUT2D eigenvalue weighted by Gasteiger charge is -1.84. The number of aromatic nitrogens is 3. The van der Waals surface area contributed by atoms with Crippen molar-refractivity contribution < 1.29 is 0 Å². The summed E-state index contributed by atoms with van der Waals surface area (Å²) < 4.78 is 0. The Morgan fingerprint density at radius 3 is 3.00 bits per heavy atom. The van der Waals surface area contributed by atoms with E-state index < -0.39 is 0 Å². The number of H-pyrrole nitrogens is 2. The number of hydrogen-bond acceptors (Lipinski definition) is 2. The summed E-state index contributed by atoms with van der Waals surface area (Å²) in [7, 11) is 0. The molecule has 0 unspecified atom stereocenters. The summed E-state index contributed by atoms with van der Waals surface area (Å²) >= 11 is 0. The molecule has 4 heteroatoms. The van der Waals surface area contributed by atoms with Crippen LogP contribution in [-0.2, 0) is 6.42 Å². The van der Waals surface area contributed by atoms with Crippen molar-refractivity contribution in [2.45, 2.75) is 12.8 Å². The molecule has 0 aliphatic heterocycles. The van der Waals surface area contributed by atoms with E-state index in [1.165, 1.54) is 0 Å². The average Bonchev–Trinajstić information content (AvgIpc) is 2.31. The maximum Gasteiger partial charge on any atom is 0.340 e. The maximum atomic E-state index is 10.4. The van der Waals surface area contributed by atoms with Gasteiger partial charge in [0.2, 0.25) is 0 Å². The van der Waals surface area contributed by atoms with Gasteiger partial charge in [-0.2, -0.15) is 5.10 Å². The van der Waals surface area contributed by atoms with E-state index in [-0.39, 0.29) is 5.69 Å². The van der Waals surface area contributed by atoms with Gasteiger partial charge >= 0.3 is 5.69 Å². The lowest BCUT2D eigenvalue weighted by atomic mass is 10.3. The minimum atomic E-state index is -0.285. The number of hydrogen-bond donors (Lipinski definition) is 2. The van der Waals surface area contributed by atoms with Crippen LogP contribution >= 0.6 is 0 Å². The predicted octanol–water partition coefficient (Wildman–Crippen LogP) is -0.336. The summed E-state index contributed by atoms with van der Waals surface area (Å²) in [6.45, 7) is 0. The van der Waals surface area contributed by atoms with Gasteiger partial charge in [0, 0.05) is 12.8 Å². The number of nitrogens with zero attached hydrogens (tertiary/aromatic N) is 1. The molecule has 0 radical (unpaired) electrons. The summed E-state index contributed by atoms with van der Waals surface area (Å²) in [4.78, 5) is 12.9. The van der Waals surface area contributed by atoms with Gasteiger partial charge < -0.3 is 0 Å². The van der Waals surface area contributed by atoms with Gasteiger partial charge in [-0.1, -0.05) is 0 Å². The second kappa shape index (κ2) is 2.87. The number of terminal acetylenes is 1. The van der Waals surface area contributed by atoms with Gasteiger partial charge in [-0.25, -0.2) is 9.89 Å². The Balaban J connectivity index is 2.61. The zero-order valence-corrected chi connectivity index (χ0v) is 5.35. The third-order valence-electron chi connectivity index (χ3n) is 1.06. The first-order valence-electron chi connectivity index (χ1n) is 2.90. The van der Waals surface area contributed by atoms with Crippen molar-refractivity contribution in [1.29, 1.82) is 0 Å². The first-order valence-corrected chi connectivity index (χ1v) is 2.90. The van der Waals surface area contributed by atoms with Crippen LogP contribution in [0.2, 0.25) is 0 Å². The molecule has 0 spiro atoms. The normalized spacial score (nSPS) is 9.10. The average molecular weight is 137 g/mol. The molecule has 1 aromatic rings. The Labute approximate surface area is 57.7 Å². The molecule has 52 valence electrons. The van der Waals surface area contributed by atoms with Crippen LogP contribution < -0.4 is 5.69 Å². The molecular weight excluding hydrogens is 130 g/mol. The zero-order valence-electron chi connectivity index (χ0n) is 5.35. The Bertz CT molecular complexity index is 290. The molecule has 0 amide bonds. The fraction of sp³-hybridized carbons (Fsp3) is 0.333. The summed E-state index contributed by atoms with van der Waals surface area (Å²) in [5.41, 5.74) is -0.285. The third kappa shape index (κ3) is 1.49. The van der Waals surface area contributed by atoms with E-state index in [4.69, 9.17) is 6.42 Å². The lowest BCUT2D eigenvalue weighted by molar-refractivity contribution is 0.899. The molecule has 1 rings (SSSR count). The number of aryl methyl sites for hydroxylation is 1. The molecule has 1 aromatic heterocycles. The highest BCUT2D eigenvalue weighted by Crippen LogP contribution is 1.87. The van der Waals surface area contributed by atoms with E-state index in [0.717, 1.165) is 0 Å². The molecule has 0 aliphatic rings. The quantitative estimate of drug-likeness (QED) is 0.548. The number of nitrogens with one attached hydrogen (secondary N) is 2. The van der Waals surface area contributed by atoms with Crippen LogP contribution in [0.3, 0.4) is 0 Å². The van der Waals surface area contributed by atoms with E-state index in [0.29, 0.717) is 18.7 Å². The summed E-state index contributed by atoms with van der Waals surface area (Å²) in [5.74, 6) is 3.06. The topological polar surface area (TPSA) is 61.5 Å². The number of rotatable bonds is 2. The van der Waals surface area contributed by atoms with Gasteiger partial charge in [-0.3, -0.25) is 4.98 Å². The van der Waals surface area contributed by atoms with E-state index in [1.807, 2.05) is 0 Å². The van der Waals surface area contributed by atoms with Crippen LogP contribution in [0.1, 0.15) is 12.2 Å². The zero-order chi connectivity index (χ0) is 7.40. The van der Waals surface area contributed by atoms with Crippen LogP contribution in [0.15, 0.2) is 4.79 Å². The van der Waals surface area contributed by atoms with Crippen LogP contribution in [0, 0.1) is 12.3 Å². The molecule has 0 saturated heterocycles. The highest BCUT2D eigenvalue weighted by atomic mass is 16.1. The fourth-order valence-corrected chi connectivity index (χ4v) is 0.614. The lowest BCUT2D eigenvalue weighted by Crippen LogP contribution is -2.01. The standard InChI is InChI=1S/C6H7N3O/c1-2-3-4-5-7-6(10)9-8-5/h1H,3-4H2,(H2,7,8,9,10). The Hall–Kier alpha value is -1.50. The van der Waals surface area contributed by atoms with Crippen molar-refractivity contribution in [2.24, 2.45) is 0 Å². The Morgan fingerprint density at radius 1 is 1.70 bits per heavy atom. The second-order valence-corrected chi connectivity index (χ2v) is 1.83. The van der Waals surface area contributed by atoms with Crippen LogP contribution in [0.25, 0.3) is 0 Å². The van der Waals surface area contributed by atoms with Crippen LogP contribution in [0.4, 0.5) is 0 Å². The molecule has 0 aromatic carbocycles. The summed E-state index contributed by atoms with van der Waals surface area (Å²) in [5, 5.41) is 5.91. The molecule has 2 N–H and O–H groups in total. The minimum absolute atomic E-state index is 0.285. The van der Waals surface area contributed by atoms with E-state index >= 15 is 0 Å². The fourth-order valence-electron chi connectivity index (χ4n) is 0.614. The van der Waals surface area contributed by atoms with Gasteiger partial charge in [-0.15, -0.1) is 12.3 Å². The van der Waals surface area contributed by atoms with Crippen molar-refractivity contribution in [3.8, 4) is 12.3 Å². The molecule has 0 bridgehead atoms. The Morgan fingerprint density at radius 2 is 2.50 bits per heavy atom. The monoisotopic (exact) mass is 137 g/mol. The highest BCUT2D eigenvalue weighted by molar-refractivity contribution is 4.90. The highest BCUT2D eigenvalue weighted by Gasteiger charge is 1.93. The first kappa shape index (κ1) is 6.62. The molecule has 0 aliphatic carbocycles. The van der Waals surface area contributed by atoms with E-state index in [1.54, 1.807) is 0 Å². The van der Waals surface area contributed by atoms with E-state index in [9.17, 15) is 4.79 Å². The SMILES string of the molecule is C#CCCc1n[nH]c(=O)[nH]1. The molecule has 4 nitrogen and oxygen atoms in total. The smallest absolute Gasteiger partial charge is 0.293 e. The predicted molar refractivity (Wildman–Crippen MR) is 36.4 cm³/mol. The summed E-state index contributed by atoms with van der Waals surface area (Å²) in [6.07, 6.45) is 6.22. The maximum absolute atomic E-state index is 10.4. The van der Waals surface area contributed by atoms with Gasteiger partial charge in [0.15, 0.2) is 0 Å². The van der Waals surface area contributed by atoms with Gasteiger partial charge in [-0.05, 0) is 0 Å². The van der Waals surface area contributed by atoms with E-state index in [2.05, 4.69) is 21.1 Å². The molecule has 1 heterocycles. The minimum Gasteiger partial charge on any atom is -0.293 e. The molecule has 0 saturated carbocycles. The van der Waals surface area contributed by atoms with Gasteiger partial charge in [0.1, 0.15) is 5.82 Å². The third-order valence-corrected chi connectivity index (χ3v) is 1.06. The van der Waals surface area contributed by atoms with Crippen LogP contribution in [0.5, 0.6) is 0 Å². The number of aromatic amines is 2. The van der Waals surface area contributed by atoms with Crippen molar-refractivity contribution >= 4 is 0 Å². The molecule has 10 heavy (non-hydrogen) atoms. The van der Waals surface area contributed by atoms with Crippen LogP contribution in [-0.4, -0.2) is 15.2 Å². The van der Waals surface area contributed by atoms with Gasteiger partial charge in [0.25, 0.3) is 0 Å². The largest absolute Gasteiger partial charge is 0.340 e. The molecule has 0 atom stereocenters. The molecular formula is C6H7N3O. The molecule has 0 fully saturated rings. The van der Waals surface area contributed by atoms with Crippen molar-refractivity contribution in [3.63, 3.8) is 0 Å². The van der Waals surface area contributed by atoms with Crippen molar-refractivity contribution in [2.75, 3.05) is 0 Å². The second-order valence-electron chi connectivity index (χ2n) is 1.83. The first-order chi connectivity index (χ1) is 4.83.